The minimum absolute atomic E-state index is 0.382. The Morgan fingerprint density at radius 2 is 1.58 bits per heavy atom. The topological polar surface area (TPSA) is 40.5 Å². The first kappa shape index (κ1) is 18.4. The number of likely N-dealkylation sites (tertiary alicyclic amines) is 1. The molecule has 0 aliphatic carbocycles. The lowest BCUT2D eigenvalue weighted by molar-refractivity contribution is 0.0696. The van der Waals surface area contributed by atoms with E-state index in [1.54, 1.807) is 12.1 Å². The van der Waals surface area contributed by atoms with Gasteiger partial charge in [0.2, 0.25) is 0 Å². The number of piperidine rings is 1. The summed E-state index contributed by atoms with van der Waals surface area (Å²) in [4.78, 5) is 14.3. The van der Waals surface area contributed by atoms with E-state index in [1.165, 1.54) is 18.4 Å². The summed E-state index contributed by atoms with van der Waals surface area (Å²) in [5.74, 6) is -0.866. The van der Waals surface area contributed by atoms with Crippen LogP contribution in [-0.4, -0.2) is 35.6 Å². The summed E-state index contributed by atoms with van der Waals surface area (Å²) >= 11 is 0. The first-order chi connectivity index (χ1) is 12.7. The second-order valence-corrected chi connectivity index (χ2v) is 6.89. The van der Waals surface area contributed by atoms with Crippen molar-refractivity contribution in [3.8, 4) is 0 Å². The molecule has 0 amide bonds. The molecule has 2 aromatic carbocycles. The van der Waals surface area contributed by atoms with Gasteiger partial charge in [0.1, 0.15) is 0 Å². The highest BCUT2D eigenvalue weighted by molar-refractivity contribution is 5.97. The number of hydrogen-bond donors (Lipinski definition) is 1. The molecule has 1 N–H and O–H groups in total. The molecular weight excluding hydrogens is 322 g/mol. The van der Waals surface area contributed by atoms with Gasteiger partial charge < -0.3 is 10.0 Å². The van der Waals surface area contributed by atoms with Crippen LogP contribution in [0.5, 0.6) is 0 Å². The maximum Gasteiger partial charge on any atom is 0.336 e. The van der Waals surface area contributed by atoms with Gasteiger partial charge in [0.05, 0.1) is 5.56 Å². The largest absolute Gasteiger partial charge is 0.478 e. The minimum atomic E-state index is -0.866. The second-order valence-electron chi connectivity index (χ2n) is 6.89. The van der Waals surface area contributed by atoms with Crippen molar-refractivity contribution in [2.45, 2.75) is 32.6 Å². The molecule has 0 unspecified atom stereocenters. The van der Waals surface area contributed by atoms with Gasteiger partial charge in [-0.2, -0.15) is 0 Å². The van der Waals surface area contributed by atoms with Crippen LogP contribution in [0.3, 0.4) is 0 Å². The van der Waals surface area contributed by atoms with Crippen molar-refractivity contribution in [1.29, 1.82) is 0 Å². The van der Waals surface area contributed by atoms with Crippen LogP contribution in [0.2, 0.25) is 0 Å². The highest BCUT2D eigenvalue weighted by Gasteiger charge is 2.21. The van der Waals surface area contributed by atoms with E-state index in [0.717, 1.165) is 49.2 Å². The molecule has 1 aliphatic heterocycles. The molecule has 0 bridgehead atoms. The Kier molecular flexibility index (Phi) is 6.24. The summed E-state index contributed by atoms with van der Waals surface area (Å²) in [5, 5.41) is 9.67. The van der Waals surface area contributed by atoms with Crippen molar-refractivity contribution in [2.75, 3.05) is 19.6 Å². The highest BCUT2D eigenvalue weighted by atomic mass is 16.4. The summed E-state index contributed by atoms with van der Waals surface area (Å²) in [6, 6.07) is 17.6. The molecule has 1 saturated heterocycles. The second kappa shape index (κ2) is 8.81. The maximum atomic E-state index is 11.8. The summed E-state index contributed by atoms with van der Waals surface area (Å²) in [6.45, 7) is 5.50. The van der Waals surface area contributed by atoms with Crippen LogP contribution in [0.1, 0.15) is 54.1 Å². The van der Waals surface area contributed by atoms with Crippen molar-refractivity contribution in [3.05, 3.63) is 76.9 Å². The van der Waals surface area contributed by atoms with E-state index in [-0.39, 0.29) is 0 Å². The van der Waals surface area contributed by atoms with Gasteiger partial charge in [-0.1, -0.05) is 67.4 Å². The summed E-state index contributed by atoms with van der Waals surface area (Å²) in [6.07, 6.45) is 4.47. The van der Waals surface area contributed by atoms with Gasteiger partial charge >= 0.3 is 5.97 Å². The fraction of sp³-hybridized carbons (Fsp3) is 0.348. The Hall–Kier alpha value is -2.39. The van der Waals surface area contributed by atoms with Gasteiger partial charge in [0.25, 0.3) is 0 Å². The molecule has 0 aromatic heterocycles. The molecule has 0 radical (unpaired) electrons. The zero-order valence-electron chi connectivity index (χ0n) is 15.4. The van der Waals surface area contributed by atoms with E-state index in [2.05, 4.69) is 24.0 Å². The Morgan fingerprint density at radius 3 is 2.19 bits per heavy atom. The molecule has 3 heteroatoms. The zero-order chi connectivity index (χ0) is 18.4. The monoisotopic (exact) mass is 349 g/mol. The van der Waals surface area contributed by atoms with Crippen LogP contribution in [0.25, 0.3) is 5.57 Å². The van der Waals surface area contributed by atoms with Crippen molar-refractivity contribution in [1.82, 2.24) is 4.90 Å². The van der Waals surface area contributed by atoms with Gasteiger partial charge in [0.15, 0.2) is 0 Å². The number of rotatable bonds is 6. The number of unbranched alkanes of at least 4 members (excludes halogenated alkanes) is 1. The van der Waals surface area contributed by atoms with Gasteiger partial charge in [-0.05, 0) is 48.6 Å². The average molecular weight is 349 g/mol. The number of nitrogens with zero attached hydrogens (tertiary/aromatic N) is 1. The predicted octanol–water partition coefficient (Wildman–Crippen LogP) is 5.08. The van der Waals surface area contributed by atoms with Gasteiger partial charge in [-0.15, -0.1) is 0 Å². The molecule has 136 valence electrons. The van der Waals surface area contributed by atoms with E-state index in [1.807, 2.05) is 30.3 Å². The Morgan fingerprint density at radius 1 is 0.962 bits per heavy atom. The van der Waals surface area contributed by atoms with Crippen LogP contribution >= 0.6 is 0 Å². The normalized spacial score (nSPS) is 15.0. The lowest BCUT2D eigenvalue weighted by atomic mass is 9.86. The van der Waals surface area contributed by atoms with Crippen LogP contribution in [-0.2, 0) is 0 Å². The van der Waals surface area contributed by atoms with Crippen molar-refractivity contribution < 1.29 is 9.90 Å². The summed E-state index contributed by atoms with van der Waals surface area (Å²) in [5.41, 5.74) is 4.81. The molecule has 3 rings (SSSR count). The fourth-order valence-electron chi connectivity index (χ4n) is 3.72. The third-order valence-electron chi connectivity index (χ3n) is 5.13. The van der Waals surface area contributed by atoms with E-state index >= 15 is 0 Å². The smallest absolute Gasteiger partial charge is 0.336 e. The molecule has 1 fully saturated rings. The first-order valence-electron chi connectivity index (χ1n) is 9.53. The Labute approximate surface area is 156 Å². The molecule has 0 saturated carbocycles. The van der Waals surface area contributed by atoms with Crippen molar-refractivity contribution in [2.24, 2.45) is 0 Å². The van der Waals surface area contributed by atoms with Crippen molar-refractivity contribution >= 4 is 11.5 Å². The van der Waals surface area contributed by atoms with E-state index in [9.17, 15) is 9.90 Å². The number of aromatic carboxylic acids is 1. The third kappa shape index (κ3) is 4.23. The number of carboxylic acid groups (broad SMARTS) is 1. The first-order valence-corrected chi connectivity index (χ1v) is 9.53. The predicted molar refractivity (Wildman–Crippen MR) is 106 cm³/mol. The average Bonchev–Trinajstić information content (AvgIpc) is 2.69. The van der Waals surface area contributed by atoms with E-state index in [0.29, 0.717) is 5.56 Å². The zero-order valence-corrected chi connectivity index (χ0v) is 15.4. The minimum Gasteiger partial charge on any atom is -0.478 e. The standard InChI is InChI=1S/C23H27NO2/c1-2-3-15-24-16-13-19(14-17-24)22(18-9-5-4-6-10-18)20-11-7-8-12-21(20)23(25)26/h4-12H,2-3,13-17H2,1H3,(H,25,26). The molecule has 2 aromatic rings. The molecule has 3 nitrogen and oxygen atoms in total. The van der Waals surface area contributed by atoms with Gasteiger partial charge in [-0.3, -0.25) is 0 Å². The Bertz CT molecular complexity index is 770. The van der Waals surface area contributed by atoms with E-state index in [4.69, 9.17) is 0 Å². The quantitative estimate of drug-likeness (QED) is 0.790. The molecule has 1 heterocycles. The number of hydrogen-bond acceptors (Lipinski definition) is 2. The van der Waals surface area contributed by atoms with Crippen LogP contribution in [0.4, 0.5) is 0 Å². The molecule has 1 aliphatic rings. The number of carboxylic acids is 1. The number of benzene rings is 2. The molecular formula is C23H27NO2. The molecule has 26 heavy (non-hydrogen) atoms. The van der Waals surface area contributed by atoms with E-state index < -0.39 is 5.97 Å². The summed E-state index contributed by atoms with van der Waals surface area (Å²) in [7, 11) is 0. The Balaban J connectivity index is 2.00. The van der Waals surface area contributed by atoms with Crippen molar-refractivity contribution in [3.63, 3.8) is 0 Å². The SMILES string of the molecule is CCCCN1CCC(=C(c2ccccc2)c2ccccc2C(=O)O)CC1. The molecule has 0 atom stereocenters. The maximum absolute atomic E-state index is 11.8. The number of carbonyl (C=O) groups is 1. The van der Waals surface area contributed by atoms with Crippen LogP contribution in [0.15, 0.2) is 60.2 Å². The van der Waals surface area contributed by atoms with Gasteiger partial charge in [0, 0.05) is 13.1 Å². The lowest BCUT2D eigenvalue weighted by Crippen LogP contribution is -2.32. The van der Waals surface area contributed by atoms with Crippen LogP contribution < -0.4 is 0 Å². The lowest BCUT2D eigenvalue weighted by Gasteiger charge is -2.30. The molecule has 0 spiro atoms. The van der Waals surface area contributed by atoms with Crippen LogP contribution in [0, 0.1) is 0 Å². The summed E-state index contributed by atoms with van der Waals surface area (Å²) < 4.78 is 0. The van der Waals surface area contributed by atoms with Gasteiger partial charge in [-0.25, -0.2) is 4.79 Å². The fourth-order valence-corrected chi connectivity index (χ4v) is 3.72. The highest BCUT2D eigenvalue weighted by Crippen LogP contribution is 2.34. The third-order valence-corrected chi connectivity index (χ3v) is 5.13.